The molecule has 0 aliphatic carbocycles. The predicted octanol–water partition coefficient (Wildman–Crippen LogP) is 3.83. The molecule has 1 aromatic carbocycles. The summed E-state index contributed by atoms with van der Waals surface area (Å²) in [6.45, 7) is 8.12. The number of amides is 1. The molecule has 0 radical (unpaired) electrons. The Morgan fingerprint density at radius 2 is 1.93 bits per heavy atom. The Hall–Kier alpha value is -2.63. The zero-order valence-corrected chi connectivity index (χ0v) is 17.1. The van der Waals surface area contributed by atoms with Crippen LogP contribution in [-0.4, -0.2) is 45.2 Å². The smallest absolute Gasteiger partial charge is 0.342 e. The van der Waals surface area contributed by atoms with Crippen LogP contribution in [0.15, 0.2) is 30.3 Å². The molecule has 6 heteroatoms. The van der Waals surface area contributed by atoms with Crippen molar-refractivity contribution in [1.29, 1.82) is 0 Å². The first-order chi connectivity index (χ1) is 13.4. The van der Waals surface area contributed by atoms with E-state index in [0.29, 0.717) is 17.0 Å². The van der Waals surface area contributed by atoms with Gasteiger partial charge in [-0.3, -0.25) is 4.79 Å². The van der Waals surface area contributed by atoms with Gasteiger partial charge in [0.05, 0.1) is 17.1 Å². The maximum absolute atomic E-state index is 12.9. The van der Waals surface area contributed by atoms with Crippen molar-refractivity contribution in [3.8, 4) is 5.69 Å². The molecule has 1 saturated heterocycles. The van der Waals surface area contributed by atoms with Crippen molar-refractivity contribution in [2.75, 3.05) is 6.54 Å². The summed E-state index contributed by atoms with van der Waals surface area (Å²) >= 11 is 0. The van der Waals surface area contributed by atoms with Gasteiger partial charge in [0.2, 0.25) is 0 Å². The number of aryl methyl sites for hydroxylation is 1. The molecule has 2 atom stereocenters. The van der Waals surface area contributed by atoms with Gasteiger partial charge < -0.3 is 9.64 Å². The number of esters is 1. The number of rotatable bonds is 5. The molecule has 0 N–H and O–H groups in total. The van der Waals surface area contributed by atoms with Gasteiger partial charge in [-0.15, -0.1) is 0 Å². The van der Waals surface area contributed by atoms with E-state index in [0.717, 1.165) is 37.9 Å². The second-order valence-electron chi connectivity index (χ2n) is 7.43. The van der Waals surface area contributed by atoms with Crippen LogP contribution in [0.25, 0.3) is 5.69 Å². The first-order valence-electron chi connectivity index (χ1n) is 10.1. The third-order valence-corrected chi connectivity index (χ3v) is 5.51. The molecule has 3 rings (SSSR count). The molecule has 6 nitrogen and oxygen atoms in total. The van der Waals surface area contributed by atoms with E-state index in [1.807, 2.05) is 42.2 Å². The number of aromatic nitrogens is 2. The number of carbonyl (C=O) groups is 2. The molecule has 0 saturated carbocycles. The van der Waals surface area contributed by atoms with Gasteiger partial charge in [-0.25, -0.2) is 9.48 Å². The number of benzene rings is 1. The lowest BCUT2D eigenvalue weighted by Gasteiger charge is -2.36. The molecule has 0 spiro atoms. The second-order valence-corrected chi connectivity index (χ2v) is 7.43. The summed E-state index contributed by atoms with van der Waals surface area (Å²) in [6, 6.07) is 9.89. The van der Waals surface area contributed by atoms with Gasteiger partial charge in [0.15, 0.2) is 6.10 Å². The first kappa shape index (κ1) is 20.1. The molecule has 1 aromatic heterocycles. The highest BCUT2D eigenvalue weighted by molar-refractivity contribution is 5.94. The van der Waals surface area contributed by atoms with Crippen molar-refractivity contribution in [3.63, 3.8) is 0 Å². The van der Waals surface area contributed by atoms with Crippen LogP contribution in [-0.2, 0) is 9.53 Å². The highest BCUT2D eigenvalue weighted by Gasteiger charge is 2.31. The first-order valence-corrected chi connectivity index (χ1v) is 10.1. The number of para-hydroxylation sites is 1. The molecule has 2 aromatic rings. The lowest BCUT2D eigenvalue weighted by Crippen LogP contribution is -2.48. The van der Waals surface area contributed by atoms with Crippen molar-refractivity contribution in [2.45, 2.75) is 65.5 Å². The summed E-state index contributed by atoms with van der Waals surface area (Å²) in [5, 5.41) is 4.49. The van der Waals surface area contributed by atoms with E-state index in [4.69, 9.17) is 4.74 Å². The van der Waals surface area contributed by atoms with E-state index in [1.54, 1.807) is 18.5 Å². The molecular weight excluding hydrogens is 354 g/mol. The molecule has 2 heterocycles. The Bertz CT molecular complexity index is 844. The largest absolute Gasteiger partial charge is 0.449 e. The Morgan fingerprint density at radius 1 is 1.21 bits per heavy atom. The van der Waals surface area contributed by atoms with E-state index in [9.17, 15) is 9.59 Å². The average molecular weight is 383 g/mol. The lowest BCUT2D eigenvalue weighted by molar-refractivity contribution is -0.143. The zero-order valence-electron chi connectivity index (χ0n) is 17.1. The standard InChI is InChI=1S/C22H29N3O3/c1-5-18-11-9-10-14-24(18)21(26)17(4)28-22(27)20-15(2)23-25(16(20)3)19-12-7-6-8-13-19/h6-8,12-13,17-18H,5,9-11,14H2,1-4H3. The number of hydrogen-bond donors (Lipinski definition) is 0. The summed E-state index contributed by atoms with van der Waals surface area (Å²) < 4.78 is 7.30. The van der Waals surface area contributed by atoms with Crippen LogP contribution in [0, 0.1) is 13.8 Å². The molecule has 1 aliphatic rings. The highest BCUT2D eigenvalue weighted by Crippen LogP contribution is 2.22. The van der Waals surface area contributed by atoms with Crippen LogP contribution in [0.5, 0.6) is 0 Å². The van der Waals surface area contributed by atoms with Crippen molar-refractivity contribution in [3.05, 3.63) is 47.3 Å². The number of carbonyl (C=O) groups excluding carboxylic acids is 2. The van der Waals surface area contributed by atoms with Gasteiger partial charge in [-0.05, 0) is 58.6 Å². The summed E-state index contributed by atoms with van der Waals surface area (Å²) in [6.07, 6.45) is 3.29. The van der Waals surface area contributed by atoms with Gasteiger partial charge in [-0.2, -0.15) is 5.10 Å². The van der Waals surface area contributed by atoms with Crippen LogP contribution in [0.2, 0.25) is 0 Å². The molecule has 1 fully saturated rings. The minimum Gasteiger partial charge on any atom is -0.449 e. The Balaban J connectivity index is 1.76. The quantitative estimate of drug-likeness (QED) is 0.736. The van der Waals surface area contributed by atoms with E-state index in [-0.39, 0.29) is 11.9 Å². The lowest BCUT2D eigenvalue weighted by atomic mass is 9.99. The highest BCUT2D eigenvalue weighted by atomic mass is 16.5. The summed E-state index contributed by atoms with van der Waals surface area (Å²) in [5.74, 6) is -0.603. The Kier molecular flexibility index (Phi) is 6.17. The van der Waals surface area contributed by atoms with Crippen LogP contribution in [0.3, 0.4) is 0 Å². The number of likely N-dealkylation sites (tertiary alicyclic amines) is 1. The molecule has 28 heavy (non-hydrogen) atoms. The normalized spacial score (nSPS) is 18.0. The van der Waals surface area contributed by atoms with Crippen molar-refractivity contribution in [2.24, 2.45) is 0 Å². The number of ether oxygens (including phenoxy) is 1. The fourth-order valence-electron chi connectivity index (χ4n) is 3.98. The maximum Gasteiger partial charge on any atom is 0.342 e. The van der Waals surface area contributed by atoms with Gasteiger partial charge in [0, 0.05) is 12.6 Å². The fraction of sp³-hybridized carbons (Fsp3) is 0.500. The topological polar surface area (TPSA) is 64.4 Å². The molecule has 2 unspecified atom stereocenters. The van der Waals surface area contributed by atoms with Crippen molar-refractivity contribution in [1.82, 2.24) is 14.7 Å². The number of piperidine rings is 1. The summed E-state index contributed by atoms with van der Waals surface area (Å²) in [5.41, 5.74) is 2.60. The molecule has 1 amide bonds. The van der Waals surface area contributed by atoms with Crippen LogP contribution < -0.4 is 0 Å². The van der Waals surface area contributed by atoms with Gasteiger partial charge >= 0.3 is 5.97 Å². The fourth-order valence-corrected chi connectivity index (χ4v) is 3.98. The monoisotopic (exact) mass is 383 g/mol. The minimum absolute atomic E-state index is 0.106. The summed E-state index contributed by atoms with van der Waals surface area (Å²) in [7, 11) is 0. The SMILES string of the molecule is CCC1CCCCN1C(=O)C(C)OC(=O)c1c(C)nn(-c2ccccc2)c1C. The van der Waals surface area contributed by atoms with E-state index < -0.39 is 12.1 Å². The predicted molar refractivity (Wildman–Crippen MR) is 108 cm³/mol. The van der Waals surface area contributed by atoms with Crippen molar-refractivity contribution >= 4 is 11.9 Å². The second kappa shape index (κ2) is 8.59. The van der Waals surface area contributed by atoms with Crippen LogP contribution >= 0.6 is 0 Å². The van der Waals surface area contributed by atoms with Gasteiger partial charge in [0.25, 0.3) is 5.91 Å². The Morgan fingerprint density at radius 3 is 2.61 bits per heavy atom. The third-order valence-electron chi connectivity index (χ3n) is 5.51. The zero-order chi connectivity index (χ0) is 20.3. The van der Waals surface area contributed by atoms with E-state index >= 15 is 0 Å². The third kappa shape index (κ3) is 3.96. The molecule has 150 valence electrons. The maximum atomic E-state index is 12.9. The van der Waals surface area contributed by atoms with Crippen molar-refractivity contribution < 1.29 is 14.3 Å². The molecular formula is C22H29N3O3. The minimum atomic E-state index is -0.807. The van der Waals surface area contributed by atoms with Gasteiger partial charge in [0.1, 0.15) is 5.56 Å². The van der Waals surface area contributed by atoms with E-state index in [2.05, 4.69) is 12.0 Å². The Labute approximate surface area is 166 Å². The molecule has 0 bridgehead atoms. The van der Waals surface area contributed by atoms with Crippen LogP contribution in [0.1, 0.15) is 61.3 Å². The average Bonchev–Trinajstić information content (AvgIpc) is 3.02. The summed E-state index contributed by atoms with van der Waals surface area (Å²) in [4.78, 5) is 27.6. The number of nitrogens with zero attached hydrogens (tertiary/aromatic N) is 3. The molecule has 1 aliphatic heterocycles. The van der Waals surface area contributed by atoms with Crippen LogP contribution in [0.4, 0.5) is 0 Å². The number of hydrogen-bond acceptors (Lipinski definition) is 4. The van der Waals surface area contributed by atoms with Gasteiger partial charge in [-0.1, -0.05) is 25.1 Å². The van der Waals surface area contributed by atoms with E-state index in [1.165, 1.54) is 0 Å².